The average Bonchev–Trinajstić information content (AvgIpc) is 3.08. The molecular weight excluding hydrogens is 464 g/mol. The van der Waals surface area contributed by atoms with E-state index in [9.17, 15) is 19.5 Å². The van der Waals surface area contributed by atoms with Crippen molar-refractivity contribution in [2.45, 2.75) is 76.8 Å². The van der Waals surface area contributed by atoms with Gasteiger partial charge in [0.2, 0.25) is 17.7 Å². The predicted octanol–water partition coefficient (Wildman–Crippen LogP) is 2.23. The van der Waals surface area contributed by atoms with Gasteiger partial charge in [0.05, 0.1) is 23.9 Å². The van der Waals surface area contributed by atoms with Gasteiger partial charge in [0, 0.05) is 18.7 Å². The number of rotatable bonds is 8. The zero-order valence-corrected chi connectivity index (χ0v) is 21.0. The molecule has 1 atom stereocenters. The van der Waals surface area contributed by atoms with Gasteiger partial charge in [-0.3, -0.25) is 24.1 Å². The van der Waals surface area contributed by atoms with Crippen LogP contribution < -0.4 is 27.0 Å². The SMILES string of the molecule is CCCCn1c(O)c(C(=N)N)c(=O)n(C2CCC(C[C@]3(C)C(=O)Nc4ccc(OC)nc43)CC2)c1=O. The Morgan fingerprint density at radius 2 is 1.97 bits per heavy atom. The maximum Gasteiger partial charge on any atom is 0.334 e. The van der Waals surface area contributed by atoms with Gasteiger partial charge in [-0.2, -0.15) is 0 Å². The number of anilines is 1. The number of unbranched alkanes of at least 4 members (excludes halogenated alkanes) is 1. The van der Waals surface area contributed by atoms with Crippen LogP contribution in [0.25, 0.3) is 0 Å². The second-order valence-corrected chi connectivity index (χ2v) is 9.99. The summed E-state index contributed by atoms with van der Waals surface area (Å²) in [5, 5.41) is 21.2. The third-order valence-corrected chi connectivity index (χ3v) is 7.58. The summed E-state index contributed by atoms with van der Waals surface area (Å²) in [6.45, 7) is 4.09. The molecule has 2 aromatic rings. The van der Waals surface area contributed by atoms with Gasteiger partial charge in [0.1, 0.15) is 11.4 Å². The Hall–Kier alpha value is -3.63. The number of nitrogens with one attached hydrogen (secondary N) is 2. The number of hydrogen-bond donors (Lipinski definition) is 4. The second-order valence-electron chi connectivity index (χ2n) is 9.99. The van der Waals surface area contributed by atoms with Crippen molar-refractivity contribution in [1.29, 1.82) is 5.41 Å². The van der Waals surface area contributed by atoms with Gasteiger partial charge in [-0.05, 0) is 57.4 Å². The highest BCUT2D eigenvalue weighted by atomic mass is 16.5. The number of hydrogen-bond acceptors (Lipinski definition) is 7. The highest BCUT2D eigenvalue weighted by Gasteiger charge is 2.46. The van der Waals surface area contributed by atoms with Gasteiger partial charge in [0.15, 0.2) is 0 Å². The lowest BCUT2D eigenvalue weighted by Gasteiger charge is -2.33. The van der Waals surface area contributed by atoms with E-state index in [1.165, 1.54) is 7.11 Å². The van der Waals surface area contributed by atoms with Crippen molar-refractivity contribution in [3.8, 4) is 11.8 Å². The van der Waals surface area contributed by atoms with Gasteiger partial charge >= 0.3 is 5.69 Å². The van der Waals surface area contributed by atoms with E-state index in [1.807, 2.05) is 13.8 Å². The number of nitrogens with zero attached hydrogens (tertiary/aromatic N) is 3. The Labute approximate surface area is 208 Å². The van der Waals surface area contributed by atoms with Crippen molar-refractivity contribution in [3.05, 3.63) is 44.2 Å². The van der Waals surface area contributed by atoms with Gasteiger partial charge in [-0.25, -0.2) is 9.78 Å². The van der Waals surface area contributed by atoms with E-state index in [1.54, 1.807) is 12.1 Å². The van der Waals surface area contributed by atoms with Crippen LogP contribution in [0.5, 0.6) is 11.8 Å². The Morgan fingerprint density at radius 1 is 1.28 bits per heavy atom. The highest BCUT2D eigenvalue weighted by molar-refractivity contribution is 6.05. The van der Waals surface area contributed by atoms with Crippen molar-refractivity contribution in [3.63, 3.8) is 0 Å². The molecule has 0 radical (unpaired) electrons. The number of fused-ring (bicyclic) bond motifs is 1. The number of carbonyl (C=O) groups excluding carboxylic acids is 1. The van der Waals surface area contributed by atoms with Crippen LogP contribution in [0.2, 0.25) is 0 Å². The minimum Gasteiger partial charge on any atom is -0.494 e. The lowest BCUT2D eigenvalue weighted by molar-refractivity contribution is -0.121. The summed E-state index contributed by atoms with van der Waals surface area (Å²) in [5.74, 6) is -0.560. The molecule has 1 aliphatic carbocycles. The van der Waals surface area contributed by atoms with Gasteiger partial charge < -0.3 is 20.9 Å². The Balaban J connectivity index is 1.58. The zero-order valence-electron chi connectivity index (χ0n) is 21.0. The molecular formula is C25H34N6O5. The Morgan fingerprint density at radius 3 is 2.58 bits per heavy atom. The summed E-state index contributed by atoms with van der Waals surface area (Å²) in [7, 11) is 1.54. The molecule has 194 valence electrons. The zero-order chi connectivity index (χ0) is 26.2. The molecule has 0 bridgehead atoms. The van der Waals surface area contributed by atoms with Crippen LogP contribution in [0, 0.1) is 11.3 Å². The van der Waals surface area contributed by atoms with Crippen LogP contribution in [0.3, 0.4) is 0 Å². The number of amides is 1. The fourth-order valence-electron chi connectivity index (χ4n) is 5.55. The molecule has 11 nitrogen and oxygen atoms in total. The van der Waals surface area contributed by atoms with Gasteiger partial charge in [0.25, 0.3) is 5.56 Å². The number of methoxy groups -OCH3 is 1. The van der Waals surface area contributed by atoms with Crippen molar-refractivity contribution in [2.24, 2.45) is 11.7 Å². The lowest BCUT2D eigenvalue weighted by Crippen LogP contribution is -2.46. The molecule has 1 fully saturated rings. The van der Waals surface area contributed by atoms with E-state index in [0.29, 0.717) is 55.8 Å². The minimum absolute atomic E-state index is 0.0972. The first-order chi connectivity index (χ1) is 17.1. The molecule has 2 aromatic heterocycles. The smallest absolute Gasteiger partial charge is 0.334 e. The summed E-state index contributed by atoms with van der Waals surface area (Å²) in [4.78, 5) is 43.8. The van der Waals surface area contributed by atoms with Crippen LogP contribution >= 0.6 is 0 Å². The van der Waals surface area contributed by atoms with Crippen LogP contribution in [0.4, 0.5) is 5.69 Å². The van der Waals surface area contributed by atoms with Crippen molar-refractivity contribution < 1.29 is 14.6 Å². The molecule has 5 N–H and O–H groups in total. The fraction of sp³-hybridized carbons (Fsp3) is 0.560. The second kappa shape index (κ2) is 9.79. The lowest BCUT2D eigenvalue weighted by atomic mass is 9.73. The first-order valence-electron chi connectivity index (χ1n) is 12.4. The first kappa shape index (κ1) is 25.5. The van der Waals surface area contributed by atoms with E-state index in [-0.39, 0.29) is 30.0 Å². The quantitative estimate of drug-likeness (QED) is 0.320. The third kappa shape index (κ3) is 4.27. The third-order valence-electron chi connectivity index (χ3n) is 7.58. The van der Waals surface area contributed by atoms with Crippen LogP contribution in [0.15, 0.2) is 21.7 Å². The number of ether oxygens (including phenoxy) is 1. The number of pyridine rings is 1. The largest absolute Gasteiger partial charge is 0.494 e. The van der Waals surface area contributed by atoms with E-state index in [2.05, 4.69) is 10.3 Å². The van der Waals surface area contributed by atoms with Crippen LogP contribution in [-0.2, 0) is 16.8 Å². The number of aromatic nitrogens is 3. The molecule has 11 heteroatoms. The normalized spacial score (nSPS) is 23.2. The molecule has 3 heterocycles. The van der Waals surface area contributed by atoms with E-state index in [4.69, 9.17) is 15.9 Å². The van der Waals surface area contributed by atoms with Gasteiger partial charge in [-0.1, -0.05) is 13.3 Å². The standard InChI is InChI=1S/C25H34N6O5/c1-4-5-12-30-21(32)18(20(26)27)22(33)31(24(30)35)15-8-6-14(7-9-15)13-25(2)19-16(28-23(25)34)10-11-17(29-19)36-3/h10-11,14-15,32H,4-9,12-13H2,1-3H3,(H3,26,27)(H,28,34)/t14?,15?,25-/m0/s1. The van der Waals surface area contributed by atoms with Gasteiger partial charge in [-0.15, -0.1) is 0 Å². The monoisotopic (exact) mass is 498 g/mol. The first-order valence-corrected chi connectivity index (χ1v) is 12.4. The van der Waals surface area contributed by atoms with Crippen molar-refractivity contribution in [2.75, 3.05) is 12.4 Å². The van der Waals surface area contributed by atoms with E-state index >= 15 is 0 Å². The summed E-state index contributed by atoms with van der Waals surface area (Å²) in [5.41, 5.74) is 4.53. The summed E-state index contributed by atoms with van der Waals surface area (Å²) in [6.07, 6.45) is 4.56. The van der Waals surface area contributed by atoms with Crippen molar-refractivity contribution >= 4 is 17.4 Å². The minimum atomic E-state index is -0.800. The molecule has 0 aromatic carbocycles. The van der Waals surface area contributed by atoms with Crippen LogP contribution in [-0.4, -0.2) is 38.1 Å². The predicted molar refractivity (Wildman–Crippen MR) is 135 cm³/mol. The molecule has 36 heavy (non-hydrogen) atoms. The Bertz CT molecular complexity index is 1310. The number of carbonyl (C=O) groups is 1. The van der Waals surface area contributed by atoms with E-state index in [0.717, 1.165) is 15.6 Å². The molecule has 1 amide bonds. The topological polar surface area (TPSA) is 165 Å². The number of nitrogen functional groups attached to an aromatic ring is 1. The highest BCUT2D eigenvalue weighted by Crippen LogP contribution is 2.45. The molecule has 1 saturated carbocycles. The number of amidine groups is 1. The summed E-state index contributed by atoms with van der Waals surface area (Å²) >= 11 is 0. The molecule has 4 rings (SSSR count). The Kier molecular flexibility index (Phi) is 6.92. The molecule has 0 unspecified atom stereocenters. The number of nitrogens with two attached hydrogens (primary N) is 1. The van der Waals surface area contributed by atoms with Crippen molar-refractivity contribution in [1.82, 2.24) is 14.1 Å². The number of aromatic hydroxyl groups is 1. The molecule has 2 aliphatic rings. The van der Waals surface area contributed by atoms with Crippen LogP contribution in [0.1, 0.15) is 76.1 Å². The average molecular weight is 499 g/mol. The molecule has 0 saturated heterocycles. The fourth-order valence-corrected chi connectivity index (χ4v) is 5.55. The maximum atomic E-state index is 13.2. The molecule has 1 aliphatic heterocycles. The summed E-state index contributed by atoms with van der Waals surface area (Å²) in [6, 6.07) is 3.14. The van der Waals surface area contributed by atoms with E-state index < -0.39 is 28.4 Å². The molecule has 0 spiro atoms. The summed E-state index contributed by atoms with van der Waals surface area (Å²) < 4.78 is 7.56. The maximum absolute atomic E-state index is 13.2.